The summed E-state index contributed by atoms with van der Waals surface area (Å²) >= 11 is 0. The monoisotopic (exact) mass is 405 g/mol. The van der Waals surface area contributed by atoms with Crippen molar-refractivity contribution in [3.63, 3.8) is 0 Å². The van der Waals surface area contributed by atoms with Crippen LogP contribution in [-0.4, -0.2) is 32.4 Å². The summed E-state index contributed by atoms with van der Waals surface area (Å²) in [5.74, 6) is 0.482. The Morgan fingerprint density at radius 3 is 2.50 bits per heavy atom. The van der Waals surface area contributed by atoms with E-state index in [0.29, 0.717) is 29.8 Å². The van der Waals surface area contributed by atoms with Crippen LogP contribution in [0.4, 0.5) is 0 Å². The first-order valence-corrected chi connectivity index (χ1v) is 11.1. The maximum Gasteiger partial charge on any atom is 0.354 e. The largest absolute Gasteiger partial charge is 0.492 e. The van der Waals surface area contributed by atoms with Crippen molar-refractivity contribution in [1.29, 1.82) is 0 Å². The molecule has 0 spiro atoms. The van der Waals surface area contributed by atoms with E-state index in [9.17, 15) is 9.90 Å². The first-order chi connectivity index (χ1) is 14.7. The maximum atomic E-state index is 11.8. The van der Waals surface area contributed by atoms with E-state index in [-0.39, 0.29) is 5.69 Å². The van der Waals surface area contributed by atoms with Crippen LogP contribution in [0.15, 0.2) is 36.4 Å². The Labute approximate surface area is 175 Å². The second kappa shape index (κ2) is 8.09. The number of ether oxygens (including phenoxy) is 1. The molecule has 156 valence electrons. The lowest BCUT2D eigenvalue weighted by molar-refractivity contribution is 0.0690. The standard InChI is InChI=1S/C24H27N3O3/c28-24(29)19-14-20(30-15-16-8-3-1-4-9-16)21-22(17-10-7-11-17)26-27(23(21)25-19)18-12-5-2-6-13-18/h2,5-6,12-14,16-17H,1,3-4,7-11,15H2,(H,28,29). The molecule has 0 unspecified atom stereocenters. The summed E-state index contributed by atoms with van der Waals surface area (Å²) in [7, 11) is 0. The van der Waals surface area contributed by atoms with E-state index in [4.69, 9.17) is 9.84 Å². The predicted octanol–water partition coefficient (Wildman–Crippen LogP) is 5.35. The van der Waals surface area contributed by atoms with Crippen LogP contribution >= 0.6 is 0 Å². The highest BCUT2D eigenvalue weighted by Gasteiger charge is 2.30. The molecule has 5 rings (SSSR count). The molecular formula is C24H27N3O3. The van der Waals surface area contributed by atoms with Crippen molar-refractivity contribution in [2.45, 2.75) is 57.3 Å². The molecule has 2 heterocycles. The number of fused-ring (bicyclic) bond motifs is 1. The van der Waals surface area contributed by atoms with Gasteiger partial charge in [0.15, 0.2) is 11.3 Å². The van der Waals surface area contributed by atoms with Crippen LogP contribution in [-0.2, 0) is 0 Å². The van der Waals surface area contributed by atoms with E-state index in [1.807, 2.05) is 30.3 Å². The van der Waals surface area contributed by atoms with Crippen molar-refractivity contribution >= 4 is 17.0 Å². The Kier molecular flexibility index (Phi) is 5.15. The Morgan fingerprint density at radius 1 is 1.07 bits per heavy atom. The number of hydrogen-bond acceptors (Lipinski definition) is 4. The molecule has 2 aliphatic carbocycles. The number of benzene rings is 1. The number of pyridine rings is 1. The number of rotatable bonds is 6. The average Bonchev–Trinajstić information content (AvgIpc) is 3.11. The van der Waals surface area contributed by atoms with Crippen LogP contribution in [0.1, 0.15) is 73.5 Å². The molecule has 6 nitrogen and oxygen atoms in total. The van der Waals surface area contributed by atoms with E-state index in [2.05, 4.69) is 4.98 Å². The summed E-state index contributed by atoms with van der Waals surface area (Å²) < 4.78 is 8.08. The summed E-state index contributed by atoms with van der Waals surface area (Å²) in [4.78, 5) is 16.3. The van der Waals surface area contributed by atoms with Gasteiger partial charge in [0.1, 0.15) is 5.75 Å². The van der Waals surface area contributed by atoms with E-state index in [1.54, 1.807) is 10.7 Å². The molecule has 0 radical (unpaired) electrons. The fourth-order valence-corrected chi connectivity index (χ4v) is 4.61. The van der Waals surface area contributed by atoms with Crippen LogP contribution in [0, 0.1) is 5.92 Å². The molecule has 2 aliphatic rings. The Bertz CT molecular complexity index is 1050. The van der Waals surface area contributed by atoms with Gasteiger partial charge in [-0.2, -0.15) is 5.10 Å². The van der Waals surface area contributed by atoms with Crippen LogP contribution in [0.3, 0.4) is 0 Å². The van der Waals surface area contributed by atoms with Crippen LogP contribution < -0.4 is 4.74 Å². The van der Waals surface area contributed by atoms with Crippen molar-refractivity contribution in [3.8, 4) is 11.4 Å². The van der Waals surface area contributed by atoms with Crippen molar-refractivity contribution in [2.75, 3.05) is 6.61 Å². The van der Waals surface area contributed by atoms with E-state index in [0.717, 1.165) is 29.6 Å². The lowest BCUT2D eigenvalue weighted by Gasteiger charge is -2.25. The van der Waals surface area contributed by atoms with Crippen LogP contribution in [0.2, 0.25) is 0 Å². The highest BCUT2D eigenvalue weighted by atomic mass is 16.5. The molecule has 0 amide bonds. The first-order valence-electron chi connectivity index (χ1n) is 11.1. The lowest BCUT2D eigenvalue weighted by atomic mass is 9.82. The lowest BCUT2D eigenvalue weighted by Crippen LogP contribution is -2.16. The third-order valence-electron chi connectivity index (χ3n) is 6.54. The minimum absolute atomic E-state index is 0.00150. The van der Waals surface area contributed by atoms with E-state index >= 15 is 0 Å². The van der Waals surface area contributed by atoms with Crippen molar-refractivity contribution in [2.24, 2.45) is 5.92 Å². The van der Waals surface area contributed by atoms with Gasteiger partial charge in [0.05, 0.1) is 23.4 Å². The molecule has 0 saturated heterocycles. The SMILES string of the molecule is O=C(O)c1cc(OCC2CCCCC2)c2c(C3CCC3)nn(-c3ccccc3)c2n1. The molecule has 2 saturated carbocycles. The van der Waals surface area contributed by atoms with Gasteiger partial charge in [-0.25, -0.2) is 14.5 Å². The molecule has 2 aromatic heterocycles. The third-order valence-corrected chi connectivity index (χ3v) is 6.54. The highest BCUT2D eigenvalue weighted by Crippen LogP contribution is 2.42. The topological polar surface area (TPSA) is 77.2 Å². The maximum absolute atomic E-state index is 11.8. The molecule has 6 heteroatoms. The summed E-state index contributed by atoms with van der Waals surface area (Å²) in [5, 5.41) is 15.5. The summed E-state index contributed by atoms with van der Waals surface area (Å²) in [6.07, 6.45) is 9.56. The van der Waals surface area contributed by atoms with E-state index < -0.39 is 5.97 Å². The Morgan fingerprint density at radius 2 is 1.83 bits per heavy atom. The van der Waals surface area contributed by atoms with Gasteiger partial charge in [0.2, 0.25) is 0 Å². The van der Waals surface area contributed by atoms with Gasteiger partial charge in [-0.3, -0.25) is 0 Å². The quantitative estimate of drug-likeness (QED) is 0.598. The number of aromatic carboxylic acids is 1. The smallest absolute Gasteiger partial charge is 0.354 e. The van der Waals surface area contributed by atoms with Gasteiger partial charge in [0.25, 0.3) is 0 Å². The minimum atomic E-state index is -1.05. The Hall–Kier alpha value is -2.89. The molecule has 0 bridgehead atoms. The molecule has 2 fully saturated rings. The minimum Gasteiger partial charge on any atom is -0.492 e. The van der Waals surface area contributed by atoms with Gasteiger partial charge >= 0.3 is 5.97 Å². The van der Waals surface area contributed by atoms with Gasteiger partial charge in [-0.05, 0) is 43.7 Å². The molecule has 3 aromatic rings. The Balaban J connectivity index is 1.63. The third kappa shape index (κ3) is 3.55. The van der Waals surface area contributed by atoms with Crippen molar-refractivity contribution in [1.82, 2.24) is 14.8 Å². The normalized spacial score (nSPS) is 17.7. The number of aromatic nitrogens is 3. The van der Waals surface area contributed by atoms with Crippen molar-refractivity contribution < 1.29 is 14.6 Å². The van der Waals surface area contributed by atoms with Crippen LogP contribution in [0.5, 0.6) is 5.75 Å². The van der Waals surface area contributed by atoms with Crippen LogP contribution in [0.25, 0.3) is 16.7 Å². The zero-order chi connectivity index (χ0) is 20.5. The number of para-hydroxylation sites is 1. The number of nitrogens with zero attached hydrogens (tertiary/aromatic N) is 3. The number of carboxylic acids is 1. The van der Waals surface area contributed by atoms with Gasteiger partial charge in [-0.1, -0.05) is 43.9 Å². The first kappa shape index (κ1) is 19.1. The number of carboxylic acid groups (broad SMARTS) is 1. The second-order valence-corrected chi connectivity index (χ2v) is 8.58. The molecule has 30 heavy (non-hydrogen) atoms. The zero-order valence-electron chi connectivity index (χ0n) is 17.1. The fraction of sp³-hybridized carbons (Fsp3) is 0.458. The van der Waals surface area contributed by atoms with Gasteiger partial charge in [0, 0.05) is 12.0 Å². The molecule has 1 aromatic carbocycles. The van der Waals surface area contributed by atoms with Gasteiger partial charge < -0.3 is 9.84 Å². The number of carbonyl (C=O) groups is 1. The average molecular weight is 405 g/mol. The molecular weight excluding hydrogens is 378 g/mol. The van der Waals surface area contributed by atoms with Crippen molar-refractivity contribution in [3.05, 3.63) is 47.8 Å². The molecule has 0 atom stereocenters. The predicted molar refractivity (Wildman–Crippen MR) is 114 cm³/mol. The second-order valence-electron chi connectivity index (χ2n) is 8.58. The van der Waals surface area contributed by atoms with E-state index in [1.165, 1.54) is 38.5 Å². The molecule has 1 N–H and O–H groups in total. The fourth-order valence-electron chi connectivity index (χ4n) is 4.61. The summed E-state index contributed by atoms with van der Waals surface area (Å²) in [5.41, 5.74) is 2.43. The molecule has 0 aliphatic heterocycles. The van der Waals surface area contributed by atoms with Gasteiger partial charge in [-0.15, -0.1) is 0 Å². The summed E-state index contributed by atoms with van der Waals surface area (Å²) in [6, 6.07) is 11.4. The zero-order valence-corrected chi connectivity index (χ0v) is 17.1. The highest BCUT2D eigenvalue weighted by molar-refractivity contribution is 5.94. The number of hydrogen-bond donors (Lipinski definition) is 1. The summed E-state index contributed by atoms with van der Waals surface area (Å²) in [6.45, 7) is 0.624.